The summed E-state index contributed by atoms with van der Waals surface area (Å²) in [5.74, 6) is 0. The van der Waals surface area contributed by atoms with Crippen LogP contribution in [0.3, 0.4) is 0 Å². The third-order valence-electron chi connectivity index (χ3n) is 2.38. The molecule has 2 rings (SSSR count). The van der Waals surface area contributed by atoms with Crippen LogP contribution in [0.25, 0.3) is 11.1 Å². The van der Waals surface area contributed by atoms with Crippen LogP contribution in [0.5, 0.6) is 0 Å². The lowest BCUT2D eigenvalue weighted by molar-refractivity contribution is 1.07. The largest absolute Gasteiger partial charge is 0.326 e. The molecule has 0 saturated carbocycles. The average molecular weight is 203 g/mol. The fourth-order valence-electron chi connectivity index (χ4n) is 1.60. The maximum atomic E-state index is 5.71. The summed E-state index contributed by atoms with van der Waals surface area (Å²) in [6.45, 7) is 2.74. The SMILES string of the molecule is Cc1cscc1-c1ccccc1CN. The van der Waals surface area contributed by atoms with E-state index >= 15 is 0 Å². The van der Waals surface area contributed by atoms with Crippen molar-refractivity contribution >= 4 is 11.3 Å². The van der Waals surface area contributed by atoms with Crippen LogP contribution in [0, 0.1) is 6.92 Å². The van der Waals surface area contributed by atoms with Gasteiger partial charge in [0.1, 0.15) is 0 Å². The molecule has 0 aliphatic heterocycles. The van der Waals surface area contributed by atoms with Crippen LogP contribution < -0.4 is 5.73 Å². The van der Waals surface area contributed by atoms with E-state index in [-0.39, 0.29) is 0 Å². The van der Waals surface area contributed by atoms with E-state index in [9.17, 15) is 0 Å². The molecule has 0 unspecified atom stereocenters. The quantitative estimate of drug-likeness (QED) is 0.797. The minimum Gasteiger partial charge on any atom is -0.326 e. The summed E-state index contributed by atoms with van der Waals surface area (Å²) in [5.41, 5.74) is 10.8. The molecule has 0 aliphatic carbocycles. The molecule has 0 amide bonds. The molecular formula is C12H13NS. The van der Waals surface area contributed by atoms with Gasteiger partial charge in [-0.15, -0.1) is 0 Å². The number of thiophene rings is 1. The zero-order chi connectivity index (χ0) is 9.97. The molecule has 0 spiro atoms. The second kappa shape index (κ2) is 3.95. The number of rotatable bonds is 2. The van der Waals surface area contributed by atoms with Gasteiger partial charge in [-0.05, 0) is 39.9 Å². The molecule has 0 bridgehead atoms. The van der Waals surface area contributed by atoms with Crippen LogP contribution in [-0.4, -0.2) is 0 Å². The van der Waals surface area contributed by atoms with E-state index < -0.39 is 0 Å². The summed E-state index contributed by atoms with van der Waals surface area (Å²) in [7, 11) is 0. The lowest BCUT2D eigenvalue weighted by Crippen LogP contribution is -1.98. The van der Waals surface area contributed by atoms with Crippen LogP contribution in [0.4, 0.5) is 0 Å². The topological polar surface area (TPSA) is 26.0 Å². The fraction of sp³-hybridized carbons (Fsp3) is 0.167. The first-order valence-corrected chi connectivity index (χ1v) is 5.58. The predicted octanol–water partition coefficient (Wildman–Crippen LogP) is 3.18. The molecule has 0 aliphatic rings. The van der Waals surface area contributed by atoms with Crippen molar-refractivity contribution in [2.75, 3.05) is 0 Å². The van der Waals surface area contributed by atoms with Gasteiger partial charge in [-0.2, -0.15) is 11.3 Å². The highest BCUT2D eigenvalue weighted by atomic mass is 32.1. The third-order valence-corrected chi connectivity index (χ3v) is 3.24. The Balaban J connectivity index is 2.56. The van der Waals surface area contributed by atoms with Gasteiger partial charge in [0, 0.05) is 6.54 Å². The zero-order valence-electron chi connectivity index (χ0n) is 8.16. The van der Waals surface area contributed by atoms with Gasteiger partial charge in [0.25, 0.3) is 0 Å². The van der Waals surface area contributed by atoms with Crippen LogP contribution in [0.1, 0.15) is 11.1 Å². The molecule has 72 valence electrons. The molecule has 1 aromatic carbocycles. The van der Waals surface area contributed by atoms with E-state index in [1.54, 1.807) is 11.3 Å². The number of aryl methyl sites for hydroxylation is 1. The van der Waals surface area contributed by atoms with E-state index in [4.69, 9.17) is 5.73 Å². The smallest absolute Gasteiger partial charge is 0.0184 e. The molecule has 1 heterocycles. The summed E-state index contributed by atoms with van der Waals surface area (Å²) < 4.78 is 0. The minimum absolute atomic E-state index is 0.603. The van der Waals surface area contributed by atoms with Gasteiger partial charge in [0.05, 0.1) is 0 Å². The monoisotopic (exact) mass is 203 g/mol. The molecule has 2 heteroatoms. The number of nitrogens with two attached hydrogens (primary N) is 1. The Kier molecular flexibility index (Phi) is 2.66. The molecule has 2 aromatic rings. The van der Waals surface area contributed by atoms with E-state index in [0.717, 1.165) is 0 Å². The summed E-state index contributed by atoms with van der Waals surface area (Å²) in [6, 6.07) is 8.32. The molecule has 14 heavy (non-hydrogen) atoms. The van der Waals surface area contributed by atoms with Gasteiger partial charge < -0.3 is 5.73 Å². The van der Waals surface area contributed by atoms with Crippen LogP contribution in [-0.2, 0) is 6.54 Å². The van der Waals surface area contributed by atoms with E-state index in [0.29, 0.717) is 6.54 Å². The van der Waals surface area contributed by atoms with Crippen molar-refractivity contribution in [2.24, 2.45) is 5.73 Å². The highest BCUT2D eigenvalue weighted by Crippen LogP contribution is 2.29. The molecule has 1 aromatic heterocycles. The Hall–Kier alpha value is -1.12. The Morgan fingerprint density at radius 3 is 2.57 bits per heavy atom. The molecule has 0 saturated heterocycles. The third kappa shape index (κ3) is 1.59. The number of hydrogen-bond donors (Lipinski definition) is 1. The van der Waals surface area contributed by atoms with E-state index in [1.807, 2.05) is 6.07 Å². The van der Waals surface area contributed by atoms with Crippen molar-refractivity contribution < 1.29 is 0 Å². The average Bonchev–Trinajstić information content (AvgIpc) is 2.64. The zero-order valence-corrected chi connectivity index (χ0v) is 8.97. The first kappa shape index (κ1) is 9.44. The molecule has 0 fully saturated rings. The Morgan fingerprint density at radius 1 is 1.14 bits per heavy atom. The molecule has 1 nitrogen and oxygen atoms in total. The maximum absolute atomic E-state index is 5.71. The van der Waals surface area contributed by atoms with Crippen molar-refractivity contribution in [3.8, 4) is 11.1 Å². The van der Waals surface area contributed by atoms with Crippen molar-refractivity contribution in [3.63, 3.8) is 0 Å². The van der Waals surface area contributed by atoms with Crippen molar-refractivity contribution in [3.05, 3.63) is 46.2 Å². The standard InChI is InChI=1S/C12H13NS/c1-9-7-14-8-12(9)11-5-3-2-4-10(11)6-13/h2-5,7-8H,6,13H2,1H3. The summed E-state index contributed by atoms with van der Waals surface area (Å²) in [6.07, 6.45) is 0. The van der Waals surface area contributed by atoms with Gasteiger partial charge in [-0.3, -0.25) is 0 Å². The van der Waals surface area contributed by atoms with Crippen molar-refractivity contribution in [1.29, 1.82) is 0 Å². The summed E-state index contributed by atoms with van der Waals surface area (Å²) >= 11 is 1.74. The van der Waals surface area contributed by atoms with Crippen LogP contribution in [0.2, 0.25) is 0 Å². The van der Waals surface area contributed by atoms with E-state index in [1.165, 1.54) is 22.3 Å². The normalized spacial score (nSPS) is 10.4. The van der Waals surface area contributed by atoms with Crippen molar-refractivity contribution in [2.45, 2.75) is 13.5 Å². The first-order valence-electron chi connectivity index (χ1n) is 4.64. The Labute approximate surface area is 88.2 Å². The molecule has 0 radical (unpaired) electrons. The summed E-state index contributed by atoms with van der Waals surface area (Å²) in [5, 5.41) is 4.35. The lowest BCUT2D eigenvalue weighted by atomic mass is 10.00. The van der Waals surface area contributed by atoms with Gasteiger partial charge in [-0.25, -0.2) is 0 Å². The Bertz CT molecular complexity index is 431. The second-order valence-corrected chi connectivity index (χ2v) is 4.07. The van der Waals surface area contributed by atoms with Gasteiger partial charge >= 0.3 is 0 Å². The highest BCUT2D eigenvalue weighted by molar-refractivity contribution is 7.08. The Morgan fingerprint density at radius 2 is 1.93 bits per heavy atom. The molecular weight excluding hydrogens is 190 g/mol. The predicted molar refractivity (Wildman–Crippen MR) is 62.4 cm³/mol. The van der Waals surface area contributed by atoms with Crippen molar-refractivity contribution in [1.82, 2.24) is 0 Å². The van der Waals surface area contributed by atoms with E-state index in [2.05, 4.69) is 35.9 Å². The first-order chi connectivity index (χ1) is 6.83. The van der Waals surface area contributed by atoms with Gasteiger partial charge in [0.2, 0.25) is 0 Å². The van der Waals surface area contributed by atoms with Gasteiger partial charge in [-0.1, -0.05) is 24.3 Å². The maximum Gasteiger partial charge on any atom is 0.0184 e. The number of hydrogen-bond acceptors (Lipinski definition) is 2. The molecule has 0 atom stereocenters. The highest BCUT2D eigenvalue weighted by Gasteiger charge is 2.05. The summed E-state index contributed by atoms with van der Waals surface area (Å²) in [4.78, 5) is 0. The van der Waals surface area contributed by atoms with Crippen LogP contribution in [0.15, 0.2) is 35.0 Å². The second-order valence-electron chi connectivity index (χ2n) is 3.33. The number of benzene rings is 1. The minimum atomic E-state index is 0.603. The molecule has 2 N–H and O–H groups in total. The van der Waals surface area contributed by atoms with Gasteiger partial charge in [0.15, 0.2) is 0 Å². The lowest BCUT2D eigenvalue weighted by Gasteiger charge is -2.06. The fourth-order valence-corrected chi connectivity index (χ4v) is 2.45. The van der Waals surface area contributed by atoms with Crippen LogP contribution >= 0.6 is 11.3 Å².